The third kappa shape index (κ3) is 8.08. The molecule has 0 fully saturated rings. The molecule has 2 amide bonds. The molecular formula is C21H27N2O6P. The number of benzene rings is 2. The van der Waals surface area contributed by atoms with E-state index in [1.165, 1.54) is 0 Å². The zero-order valence-electron chi connectivity index (χ0n) is 16.7. The summed E-state index contributed by atoms with van der Waals surface area (Å²) in [5, 5.41) is 5.34. The molecule has 0 radical (unpaired) electrons. The molecule has 0 aliphatic carbocycles. The van der Waals surface area contributed by atoms with Crippen LogP contribution in [-0.2, 0) is 25.5 Å². The molecule has 0 saturated heterocycles. The number of amides is 2. The van der Waals surface area contributed by atoms with Gasteiger partial charge >= 0.3 is 7.60 Å². The summed E-state index contributed by atoms with van der Waals surface area (Å²) in [5.41, 5.74) is 1.56. The molecule has 162 valence electrons. The van der Waals surface area contributed by atoms with Gasteiger partial charge in [0.1, 0.15) is 0 Å². The Balaban J connectivity index is 2.17. The second kappa shape index (κ2) is 11.6. The monoisotopic (exact) mass is 434 g/mol. The van der Waals surface area contributed by atoms with Gasteiger partial charge in [-0.2, -0.15) is 0 Å². The summed E-state index contributed by atoms with van der Waals surface area (Å²) < 4.78 is 17.1. The number of ether oxygens (including phenoxy) is 1. The number of rotatable bonds is 12. The van der Waals surface area contributed by atoms with Gasteiger partial charge in [-0.15, -0.1) is 0 Å². The van der Waals surface area contributed by atoms with E-state index in [4.69, 9.17) is 14.5 Å². The Morgan fingerprint density at radius 3 is 2.27 bits per heavy atom. The van der Waals surface area contributed by atoms with Crippen molar-refractivity contribution in [2.75, 3.05) is 12.7 Å². The molecule has 2 rings (SSSR count). The van der Waals surface area contributed by atoms with Gasteiger partial charge in [0.25, 0.3) is 5.91 Å². The molecular weight excluding hydrogens is 407 g/mol. The molecule has 2 aromatic carbocycles. The van der Waals surface area contributed by atoms with Crippen LogP contribution in [0.25, 0.3) is 0 Å². The highest BCUT2D eigenvalue weighted by atomic mass is 31.2. The largest absolute Gasteiger partial charge is 0.361 e. The average Bonchev–Trinajstić information content (AvgIpc) is 2.71. The highest BCUT2D eigenvalue weighted by Crippen LogP contribution is 2.36. The second-order valence-corrected chi connectivity index (χ2v) is 8.78. The van der Waals surface area contributed by atoms with Crippen LogP contribution in [-0.4, -0.2) is 40.9 Å². The van der Waals surface area contributed by atoms with E-state index in [0.29, 0.717) is 12.0 Å². The molecule has 8 nitrogen and oxygen atoms in total. The van der Waals surface area contributed by atoms with E-state index in [2.05, 4.69) is 10.6 Å². The van der Waals surface area contributed by atoms with E-state index in [-0.39, 0.29) is 19.3 Å². The number of hydrogen-bond donors (Lipinski definition) is 4. The average molecular weight is 434 g/mol. The Morgan fingerprint density at radius 2 is 1.70 bits per heavy atom. The first-order valence-electron chi connectivity index (χ1n) is 9.52. The normalized spacial score (nSPS) is 14.4. The van der Waals surface area contributed by atoms with E-state index < -0.39 is 31.6 Å². The fourth-order valence-electron chi connectivity index (χ4n) is 3.02. The van der Waals surface area contributed by atoms with E-state index >= 15 is 0 Å². The summed E-state index contributed by atoms with van der Waals surface area (Å²) in [6, 6.07) is 17.6. The van der Waals surface area contributed by atoms with Crippen LogP contribution < -0.4 is 10.6 Å². The lowest BCUT2D eigenvalue weighted by Crippen LogP contribution is -2.46. The van der Waals surface area contributed by atoms with Crippen molar-refractivity contribution in [3.63, 3.8) is 0 Å². The van der Waals surface area contributed by atoms with Crippen molar-refractivity contribution >= 4 is 19.9 Å². The fraction of sp³-hybridized carbons (Fsp3) is 0.333. The number of hydrogen-bond acceptors (Lipinski definition) is 4. The fourth-order valence-corrected chi connectivity index (χ4v) is 3.96. The van der Waals surface area contributed by atoms with Crippen molar-refractivity contribution in [3.05, 3.63) is 71.8 Å². The van der Waals surface area contributed by atoms with Crippen LogP contribution in [0.2, 0.25) is 0 Å². The maximum absolute atomic E-state index is 12.9. The predicted molar refractivity (Wildman–Crippen MR) is 112 cm³/mol. The Hall–Kier alpha value is -2.51. The SMILES string of the molecule is CC(CNC(=O)C(OCc1ccccc1)C(NC=O)c1ccccc1)CP(=O)(O)O. The number of carbonyl (C=O) groups is 2. The van der Waals surface area contributed by atoms with Gasteiger partial charge in [-0.1, -0.05) is 67.6 Å². The zero-order chi connectivity index (χ0) is 22.0. The number of nitrogens with one attached hydrogen (secondary N) is 2. The van der Waals surface area contributed by atoms with Gasteiger partial charge in [-0.05, 0) is 17.0 Å². The van der Waals surface area contributed by atoms with Crippen LogP contribution in [0.15, 0.2) is 60.7 Å². The number of carbonyl (C=O) groups excluding carboxylic acids is 2. The molecule has 0 aromatic heterocycles. The van der Waals surface area contributed by atoms with E-state index in [1.807, 2.05) is 36.4 Å². The first-order valence-corrected chi connectivity index (χ1v) is 11.3. The highest BCUT2D eigenvalue weighted by Gasteiger charge is 2.31. The van der Waals surface area contributed by atoms with Crippen LogP contribution in [0.5, 0.6) is 0 Å². The molecule has 0 saturated carbocycles. The molecule has 0 spiro atoms. The molecule has 3 unspecified atom stereocenters. The Morgan fingerprint density at radius 1 is 1.10 bits per heavy atom. The minimum absolute atomic E-state index is 0.0672. The van der Waals surface area contributed by atoms with E-state index in [0.717, 1.165) is 5.56 Å². The topological polar surface area (TPSA) is 125 Å². The van der Waals surface area contributed by atoms with Gasteiger partial charge in [0.15, 0.2) is 6.10 Å². The zero-order valence-corrected chi connectivity index (χ0v) is 17.6. The summed E-state index contributed by atoms with van der Waals surface area (Å²) in [6.45, 7) is 1.86. The summed E-state index contributed by atoms with van der Waals surface area (Å²) in [5.74, 6) is -0.912. The molecule has 2 aromatic rings. The molecule has 30 heavy (non-hydrogen) atoms. The maximum atomic E-state index is 12.9. The van der Waals surface area contributed by atoms with Gasteiger partial charge in [-0.25, -0.2) is 0 Å². The van der Waals surface area contributed by atoms with Gasteiger partial charge in [0.2, 0.25) is 6.41 Å². The molecule has 4 N–H and O–H groups in total. The van der Waals surface area contributed by atoms with Gasteiger partial charge in [0.05, 0.1) is 18.8 Å². The van der Waals surface area contributed by atoms with Crippen molar-refractivity contribution in [1.29, 1.82) is 0 Å². The van der Waals surface area contributed by atoms with Crippen molar-refractivity contribution < 1.29 is 28.7 Å². The predicted octanol–water partition coefficient (Wildman–Crippen LogP) is 1.99. The van der Waals surface area contributed by atoms with E-state index in [1.54, 1.807) is 31.2 Å². The summed E-state index contributed by atoms with van der Waals surface area (Å²) in [4.78, 5) is 42.4. The lowest BCUT2D eigenvalue weighted by molar-refractivity contribution is -0.136. The second-order valence-electron chi connectivity index (χ2n) is 7.09. The van der Waals surface area contributed by atoms with Crippen LogP contribution in [0.1, 0.15) is 24.1 Å². The molecule has 9 heteroatoms. The lowest BCUT2D eigenvalue weighted by atomic mass is 10.0. The Kier molecular flexibility index (Phi) is 9.20. The Labute approximate surface area is 175 Å². The first-order chi connectivity index (χ1) is 14.3. The van der Waals surface area contributed by atoms with Crippen molar-refractivity contribution in [2.45, 2.75) is 25.7 Å². The summed E-state index contributed by atoms with van der Waals surface area (Å²) in [6.07, 6.45) is -0.863. The lowest BCUT2D eigenvalue weighted by Gasteiger charge is -2.27. The van der Waals surface area contributed by atoms with Crippen LogP contribution in [0.4, 0.5) is 0 Å². The van der Waals surface area contributed by atoms with Crippen molar-refractivity contribution in [3.8, 4) is 0 Å². The van der Waals surface area contributed by atoms with Crippen LogP contribution >= 0.6 is 7.60 Å². The van der Waals surface area contributed by atoms with Crippen molar-refractivity contribution in [2.24, 2.45) is 5.92 Å². The molecule has 0 heterocycles. The minimum atomic E-state index is -4.18. The maximum Gasteiger partial charge on any atom is 0.325 e. The summed E-state index contributed by atoms with van der Waals surface area (Å²) >= 11 is 0. The first kappa shape index (κ1) is 23.8. The molecule has 0 bridgehead atoms. The summed E-state index contributed by atoms with van der Waals surface area (Å²) in [7, 11) is -4.18. The third-order valence-electron chi connectivity index (χ3n) is 4.41. The molecule has 0 aliphatic rings. The quantitative estimate of drug-likeness (QED) is 0.299. The van der Waals surface area contributed by atoms with Crippen LogP contribution in [0.3, 0.4) is 0 Å². The third-order valence-corrected chi connectivity index (χ3v) is 5.51. The Bertz CT molecular complexity index is 843. The van der Waals surface area contributed by atoms with Gasteiger partial charge in [-0.3, -0.25) is 14.2 Å². The van der Waals surface area contributed by atoms with Gasteiger partial charge in [0, 0.05) is 6.54 Å². The van der Waals surface area contributed by atoms with E-state index in [9.17, 15) is 14.2 Å². The van der Waals surface area contributed by atoms with Crippen LogP contribution in [0, 0.1) is 5.92 Å². The minimum Gasteiger partial charge on any atom is -0.361 e. The smallest absolute Gasteiger partial charge is 0.325 e. The van der Waals surface area contributed by atoms with Crippen molar-refractivity contribution in [1.82, 2.24) is 10.6 Å². The molecule has 0 aliphatic heterocycles. The molecule has 3 atom stereocenters. The van der Waals surface area contributed by atoms with Gasteiger partial charge < -0.3 is 25.2 Å². The highest BCUT2D eigenvalue weighted by molar-refractivity contribution is 7.51. The standard InChI is InChI=1S/C21H27N2O6P/c1-16(14-30(26,27)28)12-22-21(25)20(29-13-17-8-4-2-5-9-17)19(23-15-24)18-10-6-3-7-11-18/h2-11,15-16,19-20H,12-14H2,1H3,(H,22,25)(H,23,24)(H2,26,27,28).